The van der Waals surface area contributed by atoms with E-state index in [1.54, 1.807) is 6.07 Å². The number of carboxylic acids is 1. The molecule has 1 aromatic rings. The lowest BCUT2D eigenvalue weighted by atomic mass is 10.1. The summed E-state index contributed by atoms with van der Waals surface area (Å²) < 4.78 is 12.6. The van der Waals surface area contributed by atoms with Gasteiger partial charge >= 0.3 is 5.97 Å². The lowest BCUT2D eigenvalue weighted by Gasteiger charge is -1.98. The molecule has 3 nitrogen and oxygen atoms in total. The lowest BCUT2D eigenvalue weighted by molar-refractivity contribution is -0.149. The van der Waals surface area contributed by atoms with E-state index in [9.17, 15) is 14.0 Å². The molecule has 1 rings (SSSR count). The van der Waals surface area contributed by atoms with Gasteiger partial charge in [-0.05, 0) is 24.1 Å². The van der Waals surface area contributed by atoms with Crippen LogP contribution in [-0.4, -0.2) is 16.9 Å². The summed E-state index contributed by atoms with van der Waals surface area (Å²) in [5.41, 5.74) is 0.625. The van der Waals surface area contributed by atoms with Crippen LogP contribution in [-0.2, 0) is 16.0 Å². The van der Waals surface area contributed by atoms with Crippen LogP contribution in [0.25, 0.3) is 0 Å². The number of ketones is 1. The van der Waals surface area contributed by atoms with E-state index in [-0.39, 0.29) is 18.7 Å². The van der Waals surface area contributed by atoms with E-state index >= 15 is 0 Å². The number of Topliss-reactive ketones (excluding diaryl/α,β-unsaturated/α-hetero) is 1. The van der Waals surface area contributed by atoms with Crippen LogP contribution in [0.4, 0.5) is 4.39 Å². The van der Waals surface area contributed by atoms with Crippen LogP contribution in [0.1, 0.15) is 12.0 Å². The summed E-state index contributed by atoms with van der Waals surface area (Å²) in [6, 6.07) is 5.76. The van der Waals surface area contributed by atoms with Gasteiger partial charge in [0, 0.05) is 6.42 Å². The molecule has 0 aliphatic carbocycles. The molecule has 0 heterocycles. The topological polar surface area (TPSA) is 54.4 Å². The molecule has 0 bridgehead atoms. The number of aliphatic carboxylic acids is 1. The molecule has 0 aliphatic heterocycles. The molecule has 0 amide bonds. The van der Waals surface area contributed by atoms with E-state index in [0.717, 1.165) is 0 Å². The zero-order valence-corrected chi connectivity index (χ0v) is 7.37. The minimum atomic E-state index is -1.44. The van der Waals surface area contributed by atoms with Crippen molar-refractivity contribution in [3.8, 4) is 0 Å². The highest BCUT2D eigenvalue weighted by Gasteiger charge is 2.10. The molecule has 0 atom stereocenters. The Morgan fingerprint density at radius 2 is 2.07 bits per heavy atom. The number of halogens is 1. The van der Waals surface area contributed by atoms with Crippen molar-refractivity contribution in [2.24, 2.45) is 0 Å². The smallest absolute Gasteiger partial charge is 0.372 e. The van der Waals surface area contributed by atoms with Crippen LogP contribution >= 0.6 is 0 Å². The molecule has 0 radical (unpaired) electrons. The van der Waals surface area contributed by atoms with Crippen LogP contribution in [0.15, 0.2) is 24.3 Å². The first kappa shape index (κ1) is 10.4. The first-order valence-electron chi connectivity index (χ1n) is 4.10. The maximum atomic E-state index is 12.6. The summed E-state index contributed by atoms with van der Waals surface area (Å²) >= 11 is 0. The van der Waals surface area contributed by atoms with E-state index in [4.69, 9.17) is 5.11 Å². The van der Waals surface area contributed by atoms with Gasteiger partial charge in [0.15, 0.2) is 0 Å². The maximum absolute atomic E-state index is 12.6. The SMILES string of the molecule is O=C(O)C(=O)CCc1cccc(F)c1. The van der Waals surface area contributed by atoms with Crippen molar-refractivity contribution < 1.29 is 19.1 Å². The summed E-state index contributed by atoms with van der Waals surface area (Å²) in [5, 5.41) is 8.29. The normalized spacial score (nSPS) is 9.79. The van der Waals surface area contributed by atoms with Crippen molar-refractivity contribution in [3.05, 3.63) is 35.6 Å². The number of carbonyl (C=O) groups is 2. The molecule has 4 heteroatoms. The van der Waals surface area contributed by atoms with E-state index in [0.29, 0.717) is 5.56 Å². The van der Waals surface area contributed by atoms with Gasteiger partial charge in [-0.1, -0.05) is 12.1 Å². The van der Waals surface area contributed by atoms with Crippen molar-refractivity contribution in [1.29, 1.82) is 0 Å². The Hall–Kier alpha value is -1.71. The quantitative estimate of drug-likeness (QED) is 0.741. The fourth-order valence-corrected chi connectivity index (χ4v) is 1.06. The van der Waals surface area contributed by atoms with E-state index in [2.05, 4.69) is 0 Å². The highest BCUT2D eigenvalue weighted by Crippen LogP contribution is 2.06. The van der Waals surface area contributed by atoms with Gasteiger partial charge in [-0.3, -0.25) is 4.79 Å². The first-order valence-corrected chi connectivity index (χ1v) is 4.10. The number of carbonyl (C=O) groups excluding carboxylic acids is 1. The number of benzene rings is 1. The van der Waals surface area contributed by atoms with Gasteiger partial charge in [0.2, 0.25) is 5.78 Å². The Morgan fingerprint density at radius 1 is 1.36 bits per heavy atom. The molecule has 0 saturated heterocycles. The highest BCUT2D eigenvalue weighted by atomic mass is 19.1. The summed E-state index contributed by atoms with van der Waals surface area (Å²) in [5.74, 6) is -2.68. The van der Waals surface area contributed by atoms with Crippen molar-refractivity contribution >= 4 is 11.8 Å². The third-order valence-corrected chi connectivity index (χ3v) is 1.77. The molecule has 0 unspecified atom stereocenters. The van der Waals surface area contributed by atoms with Crippen molar-refractivity contribution in [3.63, 3.8) is 0 Å². The van der Waals surface area contributed by atoms with Gasteiger partial charge in [0.25, 0.3) is 0 Å². The van der Waals surface area contributed by atoms with Crippen LogP contribution in [0.5, 0.6) is 0 Å². The van der Waals surface area contributed by atoms with Crippen LogP contribution in [0, 0.1) is 5.82 Å². The fraction of sp³-hybridized carbons (Fsp3) is 0.200. The average Bonchev–Trinajstić information content (AvgIpc) is 2.14. The van der Waals surface area contributed by atoms with Gasteiger partial charge < -0.3 is 5.11 Å². The predicted octanol–water partition coefficient (Wildman–Crippen LogP) is 1.41. The van der Waals surface area contributed by atoms with Crippen molar-refractivity contribution in [1.82, 2.24) is 0 Å². The van der Waals surface area contributed by atoms with E-state index in [1.807, 2.05) is 0 Å². The molecule has 0 fully saturated rings. The third-order valence-electron chi connectivity index (χ3n) is 1.77. The van der Waals surface area contributed by atoms with E-state index in [1.165, 1.54) is 18.2 Å². The average molecular weight is 196 g/mol. The molecular weight excluding hydrogens is 187 g/mol. The Bertz CT molecular complexity index is 360. The maximum Gasteiger partial charge on any atom is 0.372 e. The zero-order chi connectivity index (χ0) is 10.6. The van der Waals surface area contributed by atoms with Gasteiger partial charge in [-0.15, -0.1) is 0 Å². The van der Waals surface area contributed by atoms with Crippen LogP contribution in [0.3, 0.4) is 0 Å². The number of hydrogen-bond acceptors (Lipinski definition) is 2. The summed E-state index contributed by atoms with van der Waals surface area (Å²) in [6.07, 6.45) is 0.154. The van der Waals surface area contributed by atoms with Crippen molar-refractivity contribution in [2.75, 3.05) is 0 Å². The molecular formula is C10H9FO3. The van der Waals surface area contributed by atoms with Crippen LogP contribution < -0.4 is 0 Å². The lowest BCUT2D eigenvalue weighted by Crippen LogP contribution is -2.12. The second-order valence-corrected chi connectivity index (χ2v) is 2.86. The number of aryl methyl sites for hydroxylation is 1. The first-order chi connectivity index (χ1) is 6.59. The second-order valence-electron chi connectivity index (χ2n) is 2.86. The molecule has 14 heavy (non-hydrogen) atoms. The minimum Gasteiger partial charge on any atom is -0.476 e. The second kappa shape index (κ2) is 4.50. The standard InChI is InChI=1S/C10H9FO3/c11-8-3-1-2-7(6-8)4-5-9(12)10(13)14/h1-3,6H,4-5H2,(H,13,14). The van der Waals surface area contributed by atoms with Gasteiger partial charge in [-0.25, -0.2) is 9.18 Å². The van der Waals surface area contributed by atoms with Gasteiger partial charge in [-0.2, -0.15) is 0 Å². The summed E-state index contributed by atoms with van der Waals surface area (Å²) in [6.45, 7) is 0. The highest BCUT2D eigenvalue weighted by molar-refractivity contribution is 6.32. The van der Waals surface area contributed by atoms with Gasteiger partial charge in [0.05, 0.1) is 0 Å². The Morgan fingerprint density at radius 3 is 2.64 bits per heavy atom. The molecule has 0 saturated carbocycles. The molecule has 0 aromatic heterocycles. The third kappa shape index (κ3) is 2.97. The van der Waals surface area contributed by atoms with E-state index < -0.39 is 11.8 Å². The summed E-state index contributed by atoms with van der Waals surface area (Å²) in [7, 11) is 0. The number of carboxylic acid groups (broad SMARTS) is 1. The van der Waals surface area contributed by atoms with Crippen LogP contribution in [0.2, 0.25) is 0 Å². The largest absolute Gasteiger partial charge is 0.476 e. The molecule has 0 aliphatic rings. The molecule has 0 spiro atoms. The monoisotopic (exact) mass is 196 g/mol. The molecule has 1 aromatic carbocycles. The number of rotatable bonds is 4. The minimum absolute atomic E-state index is 0.0984. The predicted molar refractivity (Wildman–Crippen MR) is 47.4 cm³/mol. The zero-order valence-electron chi connectivity index (χ0n) is 7.37. The Balaban J connectivity index is 2.54. The van der Waals surface area contributed by atoms with Gasteiger partial charge in [0.1, 0.15) is 5.82 Å². The Labute approximate surface area is 80.2 Å². The molecule has 1 N–H and O–H groups in total. The fourth-order valence-electron chi connectivity index (χ4n) is 1.06. The number of hydrogen-bond donors (Lipinski definition) is 1. The van der Waals surface area contributed by atoms with Crippen molar-refractivity contribution in [2.45, 2.75) is 12.8 Å². The summed E-state index contributed by atoms with van der Waals surface area (Å²) in [4.78, 5) is 20.9. The Kier molecular flexibility index (Phi) is 3.34. The molecule has 74 valence electrons.